The van der Waals surface area contributed by atoms with Gasteiger partial charge < -0.3 is 20.6 Å². The molecule has 0 aliphatic carbocycles. The molecule has 5 heteroatoms. The van der Waals surface area contributed by atoms with E-state index in [2.05, 4.69) is 64.9 Å². The van der Waals surface area contributed by atoms with E-state index in [1.807, 2.05) is 24.3 Å². The smallest absolute Gasteiger partial charge is 0.251 e. The minimum atomic E-state index is -0.249. The highest BCUT2D eigenvalue weighted by atomic mass is 16.3. The van der Waals surface area contributed by atoms with Gasteiger partial charge in [0, 0.05) is 42.5 Å². The van der Waals surface area contributed by atoms with E-state index < -0.39 is 0 Å². The van der Waals surface area contributed by atoms with Gasteiger partial charge in [-0.2, -0.15) is 0 Å². The third-order valence-corrected chi connectivity index (χ3v) is 6.11. The molecule has 2 unspecified atom stereocenters. The zero-order valence-corrected chi connectivity index (χ0v) is 18.2. The number of hydrogen-bond acceptors (Lipinski definition) is 4. The van der Waals surface area contributed by atoms with Gasteiger partial charge in [0.25, 0.3) is 5.91 Å². The maximum atomic E-state index is 12.2. The summed E-state index contributed by atoms with van der Waals surface area (Å²) >= 11 is 0. The van der Waals surface area contributed by atoms with E-state index in [0.717, 1.165) is 25.2 Å². The fourth-order valence-electron chi connectivity index (χ4n) is 4.38. The summed E-state index contributed by atoms with van der Waals surface area (Å²) in [5, 5.41) is 18.3. The molecule has 1 aliphatic rings. The van der Waals surface area contributed by atoms with E-state index in [1.165, 1.54) is 16.3 Å². The summed E-state index contributed by atoms with van der Waals surface area (Å²) in [5.74, 6) is -0.155. The van der Waals surface area contributed by atoms with Crippen molar-refractivity contribution < 1.29 is 9.90 Å². The molecule has 31 heavy (non-hydrogen) atoms. The Kier molecular flexibility index (Phi) is 6.54. The molecule has 3 atom stereocenters. The quantitative estimate of drug-likeness (QED) is 0.546. The summed E-state index contributed by atoms with van der Waals surface area (Å²) in [6, 6.07) is 23.2. The number of amides is 1. The molecule has 162 valence electrons. The average molecular weight is 418 g/mol. The Labute approximate surface area is 184 Å². The zero-order chi connectivity index (χ0) is 21.8. The molecule has 1 heterocycles. The lowest BCUT2D eigenvalue weighted by atomic mass is 9.99. The highest BCUT2D eigenvalue weighted by Crippen LogP contribution is 2.27. The number of carbonyl (C=O) groups is 1. The van der Waals surface area contributed by atoms with Crippen molar-refractivity contribution in [3.05, 3.63) is 77.9 Å². The number of nitrogens with one attached hydrogen (secondary N) is 2. The van der Waals surface area contributed by atoms with Crippen LogP contribution in [0.5, 0.6) is 0 Å². The van der Waals surface area contributed by atoms with Gasteiger partial charge in [0.1, 0.15) is 0 Å². The molecule has 4 rings (SSSR count). The maximum Gasteiger partial charge on any atom is 0.251 e. The minimum absolute atomic E-state index is 0.0663. The van der Waals surface area contributed by atoms with Crippen LogP contribution < -0.4 is 15.5 Å². The first-order valence-corrected chi connectivity index (χ1v) is 11.1. The summed E-state index contributed by atoms with van der Waals surface area (Å²) < 4.78 is 0. The molecular weight excluding hydrogens is 386 g/mol. The number of rotatable bonds is 7. The van der Waals surface area contributed by atoms with Crippen LogP contribution in [-0.2, 0) is 0 Å². The molecule has 3 aromatic rings. The van der Waals surface area contributed by atoms with Crippen LogP contribution in [0, 0.1) is 0 Å². The maximum absolute atomic E-state index is 12.2. The van der Waals surface area contributed by atoms with Crippen LogP contribution in [0.2, 0.25) is 0 Å². The van der Waals surface area contributed by atoms with E-state index in [0.29, 0.717) is 11.6 Å². The third kappa shape index (κ3) is 4.89. The number of hydrogen-bond donors (Lipinski definition) is 3. The molecule has 3 aromatic carbocycles. The Morgan fingerprint density at radius 3 is 2.58 bits per heavy atom. The van der Waals surface area contributed by atoms with Gasteiger partial charge in [-0.15, -0.1) is 0 Å². The van der Waals surface area contributed by atoms with E-state index in [9.17, 15) is 4.79 Å². The van der Waals surface area contributed by atoms with Crippen LogP contribution in [0.3, 0.4) is 0 Å². The SMILES string of the molecule is CC(CO)NC(=O)c1ccc(N2CCC(N[C@H](C)c3cccc4ccccc34)C2)cc1. The Hall–Kier alpha value is -2.89. The molecule has 0 spiro atoms. The number of aliphatic hydroxyl groups excluding tert-OH is 1. The first kappa shape index (κ1) is 21.3. The number of fused-ring (bicyclic) bond motifs is 1. The van der Waals surface area contributed by atoms with Crippen LogP contribution in [0.15, 0.2) is 66.7 Å². The van der Waals surface area contributed by atoms with Gasteiger partial charge in [0.2, 0.25) is 0 Å². The van der Waals surface area contributed by atoms with E-state index >= 15 is 0 Å². The number of nitrogens with zero attached hydrogens (tertiary/aromatic N) is 1. The van der Waals surface area contributed by atoms with Crippen molar-refractivity contribution in [1.82, 2.24) is 10.6 Å². The standard InChI is InChI=1S/C26H31N3O2/c1-18(17-30)27-26(31)21-10-12-23(13-11-21)29-15-14-22(16-29)28-19(2)24-9-5-7-20-6-3-4-8-25(20)24/h3-13,18-19,22,28,30H,14-17H2,1-2H3,(H,27,31)/t18?,19-,22?/m1/s1. The van der Waals surface area contributed by atoms with Crippen molar-refractivity contribution in [3.63, 3.8) is 0 Å². The van der Waals surface area contributed by atoms with E-state index in [-0.39, 0.29) is 24.6 Å². The lowest BCUT2D eigenvalue weighted by Gasteiger charge is -2.23. The second kappa shape index (κ2) is 9.50. The molecule has 1 aliphatic heterocycles. The molecular formula is C26H31N3O2. The minimum Gasteiger partial charge on any atom is -0.394 e. The van der Waals surface area contributed by atoms with Gasteiger partial charge in [-0.05, 0) is 60.9 Å². The Bertz CT molecular complexity index is 1030. The van der Waals surface area contributed by atoms with E-state index in [4.69, 9.17) is 5.11 Å². The molecule has 0 bridgehead atoms. The topological polar surface area (TPSA) is 64.6 Å². The predicted octanol–water partition coefficient (Wildman–Crippen LogP) is 3.88. The van der Waals surface area contributed by atoms with Gasteiger partial charge >= 0.3 is 0 Å². The van der Waals surface area contributed by atoms with Crippen molar-refractivity contribution in [3.8, 4) is 0 Å². The van der Waals surface area contributed by atoms with Crippen molar-refractivity contribution in [2.45, 2.75) is 38.4 Å². The second-order valence-corrected chi connectivity index (χ2v) is 8.49. The molecule has 0 aromatic heterocycles. The fraction of sp³-hybridized carbons (Fsp3) is 0.346. The van der Waals surface area contributed by atoms with Crippen LogP contribution >= 0.6 is 0 Å². The summed E-state index contributed by atoms with van der Waals surface area (Å²) in [6.45, 7) is 5.90. The van der Waals surface area contributed by atoms with Crippen LogP contribution in [0.1, 0.15) is 42.2 Å². The van der Waals surface area contributed by atoms with Crippen molar-refractivity contribution in [1.29, 1.82) is 0 Å². The molecule has 5 nitrogen and oxygen atoms in total. The lowest BCUT2D eigenvalue weighted by Crippen LogP contribution is -2.35. The number of carbonyl (C=O) groups excluding carboxylic acids is 1. The van der Waals surface area contributed by atoms with Crippen molar-refractivity contribution in [2.75, 3.05) is 24.6 Å². The first-order valence-electron chi connectivity index (χ1n) is 11.1. The van der Waals surface area contributed by atoms with Crippen molar-refractivity contribution in [2.24, 2.45) is 0 Å². The Morgan fingerprint density at radius 2 is 1.81 bits per heavy atom. The Morgan fingerprint density at radius 1 is 1.06 bits per heavy atom. The highest BCUT2D eigenvalue weighted by Gasteiger charge is 2.24. The summed E-state index contributed by atoms with van der Waals surface area (Å²) in [6.07, 6.45) is 1.09. The molecule has 0 radical (unpaired) electrons. The third-order valence-electron chi connectivity index (χ3n) is 6.11. The zero-order valence-electron chi connectivity index (χ0n) is 18.2. The van der Waals surface area contributed by atoms with Gasteiger partial charge in [0.05, 0.1) is 6.61 Å². The van der Waals surface area contributed by atoms with Crippen LogP contribution in [0.4, 0.5) is 5.69 Å². The highest BCUT2D eigenvalue weighted by molar-refractivity contribution is 5.94. The average Bonchev–Trinajstić information content (AvgIpc) is 3.27. The van der Waals surface area contributed by atoms with Crippen molar-refractivity contribution >= 4 is 22.4 Å². The molecule has 1 saturated heterocycles. The Balaban J connectivity index is 1.37. The molecule has 1 amide bonds. The monoisotopic (exact) mass is 417 g/mol. The number of benzene rings is 3. The van der Waals surface area contributed by atoms with Gasteiger partial charge in [-0.25, -0.2) is 0 Å². The molecule has 1 fully saturated rings. The normalized spacial score (nSPS) is 18.2. The number of anilines is 1. The van der Waals surface area contributed by atoms with E-state index in [1.54, 1.807) is 6.92 Å². The summed E-state index contributed by atoms with van der Waals surface area (Å²) in [4.78, 5) is 14.6. The first-order chi connectivity index (χ1) is 15.0. The number of aliphatic hydroxyl groups is 1. The van der Waals surface area contributed by atoms with Crippen LogP contribution in [-0.4, -0.2) is 42.8 Å². The second-order valence-electron chi connectivity index (χ2n) is 8.49. The molecule has 3 N–H and O–H groups in total. The largest absolute Gasteiger partial charge is 0.394 e. The fourth-order valence-corrected chi connectivity index (χ4v) is 4.38. The summed E-state index contributed by atoms with van der Waals surface area (Å²) in [5.41, 5.74) is 3.08. The van der Waals surface area contributed by atoms with Gasteiger partial charge in [-0.3, -0.25) is 4.79 Å². The summed E-state index contributed by atoms with van der Waals surface area (Å²) in [7, 11) is 0. The molecule has 0 saturated carbocycles. The predicted molar refractivity (Wildman–Crippen MR) is 127 cm³/mol. The lowest BCUT2D eigenvalue weighted by molar-refractivity contribution is 0.0922. The van der Waals surface area contributed by atoms with Crippen LogP contribution in [0.25, 0.3) is 10.8 Å². The van der Waals surface area contributed by atoms with Gasteiger partial charge in [-0.1, -0.05) is 42.5 Å². The van der Waals surface area contributed by atoms with Gasteiger partial charge in [0.15, 0.2) is 0 Å².